The minimum atomic E-state index is -0.513. The largest absolute Gasteiger partial charge is 0.385 e. The molecule has 0 aromatic rings. The molecule has 0 N–H and O–H groups in total. The average molecular weight is 269 g/mol. The van der Waals surface area contributed by atoms with Gasteiger partial charge in [0.2, 0.25) is 11.8 Å². The predicted molar refractivity (Wildman–Crippen MR) is 69.5 cm³/mol. The molecular weight excluding hydrogens is 246 g/mol. The molecule has 0 saturated carbocycles. The number of carbonyl (C=O) groups is 2. The van der Waals surface area contributed by atoms with Crippen molar-refractivity contribution in [2.45, 2.75) is 51.7 Å². The van der Waals surface area contributed by atoms with Crippen molar-refractivity contribution in [3.8, 4) is 0 Å². The first-order valence-corrected chi connectivity index (χ1v) is 6.98. The van der Waals surface area contributed by atoms with E-state index in [0.29, 0.717) is 38.8 Å². The van der Waals surface area contributed by atoms with E-state index in [1.807, 2.05) is 13.8 Å². The lowest BCUT2D eigenvalue weighted by Crippen LogP contribution is -2.44. The van der Waals surface area contributed by atoms with Crippen LogP contribution in [0.25, 0.3) is 0 Å². The van der Waals surface area contributed by atoms with E-state index in [9.17, 15) is 9.59 Å². The van der Waals surface area contributed by atoms with Crippen molar-refractivity contribution in [2.24, 2.45) is 5.41 Å². The lowest BCUT2D eigenvalue weighted by molar-refractivity contribution is -0.150. The molecule has 2 saturated heterocycles. The van der Waals surface area contributed by atoms with Gasteiger partial charge in [-0.3, -0.25) is 14.5 Å². The average Bonchev–Trinajstić information content (AvgIpc) is 2.51. The molecule has 108 valence electrons. The minimum absolute atomic E-state index is 0.00407. The third-order valence-electron chi connectivity index (χ3n) is 4.04. The number of hydrogen-bond acceptors (Lipinski definition) is 4. The van der Waals surface area contributed by atoms with Gasteiger partial charge in [-0.25, -0.2) is 0 Å². The van der Waals surface area contributed by atoms with Crippen molar-refractivity contribution in [1.29, 1.82) is 0 Å². The lowest BCUT2D eigenvalue weighted by atomic mass is 9.74. The Hall–Kier alpha value is -0.940. The van der Waals surface area contributed by atoms with Gasteiger partial charge in [0.15, 0.2) is 0 Å². The number of imide groups is 1. The van der Waals surface area contributed by atoms with Crippen molar-refractivity contribution in [1.82, 2.24) is 4.90 Å². The zero-order valence-electron chi connectivity index (χ0n) is 12.0. The Morgan fingerprint density at radius 2 is 1.95 bits per heavy atom. The van der Waals surface area contributed by atoms with E-state index in [4.69, 9.17) is 9.47 Å². The molecular formula is C14H23NO4. The molecule has 5 nitrogen and oxygen atoms in total. The number of ether oxygens (including phenoxy) is 2. The molecule has 19 heavy (non-hydrogen) atoms. The maximum Gasteiger partial charge on any atom is 0.236 e. The molecule has 0 aliphatic carbocycles. The summed E-state index contributed by atoms with van der Waals surface area (Å²) >= 11 is 0. The molecule has 0 aromatic heterocycles. The summed E-state index contributed by atoms with van der Waals surface area (Å²) in [6.45, 7) is 4.99. The van der Waals surface area contributed by atoms with Crippen molar-refractivity contribution < 1.29 is 19.1 Å². The Balaban J connectivity index is 2.08. The summed E-state index contributed by atoms with van der Waals surface area (Å²) in [5.74, 6) is -0.0435. The maximum absolute atomic E-state index is 12.6. The van der Waals surface area contributed by atoms with Crippen LogP contribution in [0.3, 0.4) is 0 Å². The Morgan fingerprint density at radius 3 is 2.53 bits per heavy atom. The van der Waals surface area contributed by atoms with Gasteiger partial charge in [0.25, 0.3) is 0 Å². The Morgan fingerprint density at radius 1 is 1.32 bits per heavy atom. The van der Waals surface area contributed by atoms with E-state index in [1.165, 1.54) is 4.90 Å². The van der Waals surface area contributed by atoms with E-state index in [2.05, 4.69) is 0 Å². The number of amides is 2. The van der Waals surface area contributed by atoms with Crippen LogP contribution in [0.5, 0.6) is 0 Å². The first-order chi connectivity index (χ1) is 8.98. The summed E-state index contributed by atoms with van der Waals surface area (Å²) in [6.07, 6.45) is 2.44. The van der Waals surface area contributed by atoms with Gasteiger partial charge in [0, 0.05) is 26.7 Å². The van der Waals surface area contributed by atoms with Crippen LogP contribution >= 0.6 is 0 Å². The molecule has 1 spiro atoms. The van der Waals surface area contributed by atoms with Gasteiger partial charge in [0.05, 0.1) is 17.6 Å². The second-order valence-corrected chi connectivity index (χ2v) is 5.82. The molecule has 0 bridgehead atoms. The highest BCUT2D eigenvalue weighted by Gasteiger charge is 2.54. The monoisotopic (exact) mass is 269 g/mol. The van der Waals surface area contributed by atoms with Crippen LogP contribution in [0.4, 0.5) is 0 Å². The number of rotatable bonds is 4. The van der Waals surface area contributed by atoms with Gasteiger partial charge in [-0.15, -0.1) is 0 Å². The van der Waals surface area contributed by atoms with E-state index >= 15 is 0 Å². The van der Waals surface area contributed by atoms with Crippen LogP contribution in [-0.2, 0) is 19.1 Å². The van der Waals surface area contributed by atoms with Crippen molar-refractivity contribution in [2.75, 3.05) is 20.3 Å². The molecule has 2 fully saturated rings. The Kier molecular flexibility index (Phi) is 4.26. The first kappa shape index (κ1) is 14.5. The van der Waals surface area contributed by atoms with Gasteiger partial charge in [-0.1, -0.05) is 0 Å². The molecule has 1 unspecified atom stereocenters. The summed E-state index contributed by atoms with van der Waals surface area (Å²) < 4.78 is 10.7. The van der Waals surface area contributed by atoms with Gasteiger partial charge in [-0.05, 0) is 33.1 Å². The molecule has 2 heterocycles. The molecule has 0 radical (unpaired) electrons. The first-order valence-electron chi connectivity index (χ1n) is 6.98. The smallest absolute Gasteiger partial charge is 0.236 e. The summed E-state index contributed by atoms with van der Waals surface area (Å²) in [5, 5.41) is 0. The number of methoxy groups -OCH3 is 1. The molecule has 3 atom stereocenters. The molecule has 5 heteroatoms. The topological polar surface area (TPSA) is 55.8 Å². The quantitative estimate of drug-likeness (QED) is 0.571. The fraction of sp³-hybridized carbons (Fsp3) is 0.857. The van der Waals surface area contributed by atoms with E-state index in [0.717, 1.165) is 0 Å². The SMILES string of the molecule is COCCCN1C(=O)CC2(C[C@@H](C)O[C@@H](C)C2)C1=O. The number of likely N-dealkylation sites (tertiary alicyclic amines) is 1. The van der Waals surface area contributed by atoms with Crippen molar-refractivity contribution >= 4 is 11.8 Å². The number of carbonyl (C=O) groups excluding carboxylic acids is 2. The zero-order chi connectivity index (χ0) is 14.0. The van der Waals surface area contributed by atoms with E-state index in [1.54, 1.807) is 7.11 Å². The molecule has 2 amide bonds. The molecule has 0 aromatic carbocycles. The second-order valence-electron chi connectivity index (χ2n) is 5.82. The highest BCUT2D eigenvalue weighted by atomic mass is 16.5. The van der Waals surface area contributed by atoms with Crippen LogP contribution in [0, 0.1) is 5.41 Å². The fourth-order valence-corrected chi connectivity index (χ4v) is 3.45. The van der Waals surface area contributed by atoms with Gasteiger partial charge >= 0.3 is 0 Å². The summed E-state index contributed by atoms with van der Waals surface area (Å²) in [7, 11) is 1.62. The second kappa shape index (κ2) is 5.59. The lowest BCUT2D eigenvalue weighted by Gasteiger charge is -2.38. The fourth-order valence-electron chi connectivity index (χ4n) is 3.45. The van der Waals surface area contributed by atoms with E-state index < -0.39 is 5.41 Å². The van der Waals surface area contributed by atoms with E-state index in [-0.39, 0.29) is 24.0 Å². The minimum Gasteiger partial charge on any atom is -0.385 e. The van der Waals surface area contributed by atoms with Crippen LogP contribution in [0.2, 0.25) is 0 Å². The van der Waals surface area contributed by atoms with Gasteiger partial charge in [-0.2, -0.15) is 0 Å². The van der Waals surface area contributed by atoms with Gasteiger partial charge < -0.3 is 9.47 Å². The van der Waals surface area contributed by atoms with Crippen LogP contribution < -0.4 is 0 Å². The van der Waals surface area contributed by atoms with Crippen LogP contribution in [-0.4, -0.2) is 49.2 Å². The maximum atomic E-state index is 12.6. The van der Waals surface area contributed by atoms with Crippen molar-refractivity contribution in [3.05, 3.63) is 0 Å². The van der Waals surface area contributed by atoms with Gasteiger partial charge in [0.1, 0.15) is 0 Å². The Labute approximate surface area is 114 Å². The Bertz CT molecular complexity index is 358. The molecule has 2 rings (SSSR count). The third-order valence-corrected chi connectivity index (χ3v) is 4.04. The predicted octanol–water partition coefficient (Wildman–Crippen LogP) is 1.36. The summed E-state index contributed by atoms with van der Waals surface area (Å²) in [5.41, 5.74) is -0.513. The van der Waals surface area contributed by atoms with Crippen molar-refractivity contribution in [3.63, 3.8) is 0 Å². The highest BCUT2D eigenvalue weighted by Crippen LogP contribution is 2.45. The molecule has 2 aliphatic heterocycles. The van der Waals surface area contributed by atoms with Crippen LogP contribution in [0.1, 0.15) is 39.5 Å². The molecule has 2 aliphatic rings. The summed E-state index contributed by atoms with van der Waals surface area (Å²) in [4.78, 5) is 26.1. The zero-order valence-corrected chi connectivity index (χ0v) is 12.0. The normalized spacial score (nSPS) is 35.4. The third kappa shape index (κ3) is 2.82. The standard InChI is InChI=1S/C14H23NO4/c1-10-7-14(8-11(2)19-10)9-12(16)15(13(14)17)5-4-6-18-3/h10-11H,4-9H2,1-3H3/t10-,11+,14?. The highest BCUT2D eigenvalue weighted by molar-refractivity contribution is 6.06. The summed E-state index contributed by atoms with van der Waals surface area (Å²) in [6, 6.07) is 0. The van der Waals surface area contributed by atoms with Crippen LogP contribution in [0.15, 0.2) is 0 Å². The number of hydrogen-bond donors (Lipinski definition) is 0. The number of nitrogens with zero attached hydrogens (tertiary/aromatic N) is 1.